The van der Waals surface area contributed by atoms with Gasteiger partial charge in [0.1, 0.15) is 18.2 Å². The van der Waals surface area contributed by atoms with Gasteiger partial charge in [-0.25, -0.2) is 9.18 Å². The summed E-state index contributed by atoms with van der Waals surface area (Å²) in [4.78, 5) is 28.5. The molecule has 2 amide bonds. The van der Waals surface area contributed by atoms with Crippen molar-refractivity contribution < 1.29 is 41.8 Å². The van der Waals surface area contributed by atoms with Gasteiger partial charge >= 0.3 is 12.5 Å². The normalized spacial score (nSPS) is 19.3. The van der Waals surface area contributed by atoms with Crippen LogP contribution in [0.15, 0.2) is 42.5 Å². The monoisotopic (exact) mass is 530 g/mol. The number of carbonyl (C=O) groups is 2. The van der Waals surface area contributed by atoms with E-state index in [0.717, 1.165) is 16.6 Å². The zero-order chi connectivity index (χ0) is 26.0. The van der Waals surface area contributed by atoms with Gasteiger partial charge < -0.3 is 19.3 Å². The molecule has 2 atom stereocenters. The van der Waals surface area contributed by atoms with Crippen molar-refractivity contribution in [3.05, 3.63) is 59.4 Å². The number of rotatable bonds is 6. The molecule has 3 N–H and O–H groups in total. The molecule has 2 aromatic rings. The smallest absolute Gasteiger partial charge is 0.444 e. The molecule has 0 unspecified atom stereocenters. The molecule has 14 heteroatoms. The Morgan fingerprint density at radius 1 is 1.06 bits per heavy atom. The van der Waals surface area contributed by atoms with Crippen LogP contribution in [-0.4, -0.2) is 59.5 Å². The van der Waals surface area contributed by atoms with Crippen molar-refractivity contribution in [2.75, 3.05) is 30.6 Å². The maximum absolute atomic E-state index is 14.1. The summed E-state index contributed by atoms with van der Waals surface area (Å²) >= 11 is 0.626. The van der Waals surface area contributed by atoms with E-state index in [1.54, 1.807) is 29.2 Å². The summed E-state index contributed by atoms with van der Waals surface area (Å²) in [5.74, 6) is -1.75. The van der Waals surface area contributed by atoms with Crippen LogP contribution < -0.4 is 14.3 Å². The third-order valence-electron chi connectivity index (χ3n) is 6.08. The molecule has 36 heavy (non-hydrogen) atoms. The summed E-state index contributed by atoms with van der Waals surface area (Å²) in [7, 11) is 0. The lowest BCUT2D eigenvalue weighted by molar-refractivity contribution is -0.274. The van der Waals surface area contributed by atoms with Crippen molar-refractivity contribution in [3.8, 4) is 5.75 Å². The number of anilines is 1. The lowest BCUT2D eigenvalue weighted by Crippen LogP contribution is -2.35. The van der Waals surface area contributed by atoms with Crippen LogP contribution in [-0.2, 0) is 11.3 Å². The number of alkyl halides is 3. The molecule has 2 heterocycles. The van der Waals surface area contributed by atoms with E-state index in [0.29, 0.717) is 55.6 Å². The zero-order valence-electron chi connectivity index (χ0n) is 18.7. The molecular weight excluding hydrogens is 508 g/mol. The van der Waals surface area contributed by atoms with Crippen LogP contribution in [0.1, 0.15) is 15.9 Å². The minimum atomic E-state index is -4.94. The Morgan fingerprint density at radius 3 is 2.22 bits per heavy atom. The Morgan fingerprint density at radius 2 is 1.67 bits per heavy atom. The summed E-state index contributed by atoms with van der Waals surface area (Å²) in [5, 5.41) is 14.9. The average Bonchev–Trinajstić information content (AvgIpc) is 3.41. The van der Waals surface area contributed by atoms with Crippen LogP contribution in [0.3, 0.4) is 0 Å². The van der Waals surface area contributed by atoms with Crippen molar-refractivity contribution in [2.45, 2.75) is 13.0 Å². The fourth-order valence-corrected chi connectivity index (χ4v) is 4.60. The first-order chi connectivity index (χ1) is 17.0. The maximum Gasteiger partial charge on any atom is 0.573 e. The van der Waals surface area contributed by atoms with Crippen LogP contribution in [0.2, 0.25) is 0 Å². The van der Waals surface area contributed by atoms with Gasteiger partial charge in [-0.15, -0.1) is 13.2 Å². The standard InChI is InChI=1S/C22H22F4N4O5S/c23-19-7-18(35-22(24,25)26)6-3-14(19)12-34-21(32)29-10-15-8-28(9-16(15)11-29)20(31)13-1-4-17(5-2-13)30(33)36-27/h1-7,15-16,33H,8-12,27H2/t15-,16+. The second kappa shape index (κ2) is 10.4. The van der Waals surface area contributed by atoms with Crippen molar-refractivity contribution >= 4 is 29.8 Å². The number of carbonyl (C=O) groups excluding carboxylic acids is 2. The van der Waals surface area contributed by atoms with Crippen molar-refractivity contribution in [2.24, 2.45) is 17.0 Å². The molecule has 194 valence electrons. The number of hydrogen-bond acceptors (Lipinski definition) is 8. The Hall–Kier alpha value is -3.23. The van der Waals surface area contributed by atoms with Gasteiger partial charge in [0.05, 0.1) is 17.8 Å². The van der Waals surface area contributed by atoms with Gasteiger partial charge in [-0.3, -0.25) is 15.1 Å². The van der Waals surface area contributed by atoms with E-state index in [4.69, 9.17) is 9.88 Å². The molecule has 0 saturated carbocycles. The highest BCUT2D eigenvalue weighted by Gasteiger charge is 2.43. The van der Waals surface area contributed by atoms with Crippen molar-refractivity contribution in [3.63, 3.8) is 0 Å². The van der Waals surface area contributed by atoms with Crippen LogP contribution in [0.5, 0.6) is 5.75 Å². The molecule has 2 aliphatic rings. The highest BCUT2D eigenvalue weighted by atomic mass is 32.2. The number of fused-ring (bicyclic) bond motifs is 1. The van der Waals surface area contributed by atoms with E-state index in [1.807, 2.05) is 0 Å². The summed E-state index contributed by atoms with van der Waals surface area (Å²) in [6.45, 7) is 1.18. The zero-order valence-corrected chi connectivity index (χ0v) is 19.5. The summed E-state index contributed by atoms with van der Waals surface area (Å²) < 4.78 is 60.4. The summed E-state index contributed by atoms with van der Waals surface area (Å²) in [6.07, 6.45) is -5.61. The molecule has 0 aromatic heterocycles. The van der Waals surface area contributed by atoms with Crippen LogP contribution in [0.25, 0.3) is 0 Å². The quantitative estimate of drug-likeness (QED) is 0.330. The molecule has 2 aromatic carbocycles. The van der Waals surface area contributed by atoms with Gasteiger partial charge in [-0.2, -0.15) is 4.47 Å². The Bertz CT molecular complexity index is 1110. The first kappa shape index (κ1) is 25.9. The summed E-state index contributed by atoms with van der Waals surface area (Å²) in [5.41, 5.74) is 0.797. The summed E-state index contributed by atoms with van der Waals surface area (Å²) in [6, 6.07) is 8.91. The molecule has 2 saturated heterocycles. The second-order valence-corrected chi connectivity index (χ2v) is 8.97. The molecule has 0 aliphatic carbocycles. The lowest BCUT2D eigenvalue weighted by atomic mass is 10.0. The van der Waals surface area contributed by atoms with Gasteiger partial charge in [0, 0.05) is 55.2 Å². The number of halogens is 4. The molecule has 9 nitrogen and oxygen atoms in total. The van der Waals surface area contributed by atoms with E-state index >= 15 is 0 Å². The van der Waals surface area contributed by atoms with E-state index in [2.05, 4.69) is 4.74 Å². The third-order valence-corrected chi connectivity index (χ3v) is 6.49. The Kier molecular flexibility index (Phi) is 7.47. The largest absolute Gasteiger partial charge is 0.573 e. The molecule has 2 aliphatic heterocycles. The minimum absolute atomic E-state index is 0.0536. The van der Waals surface area contributed by atoms with Crippen LogP contribution >= 0.6 is 12.1 Å². The number of amides is 2. The van der Waals surface area contributed by atoms with E-state index in [-0.39, 0.29) is 23.3 Å². The van der Waals surface area contributed by atoms with Crippen LogP contribution in [0.4, 0.5) is 28.0 Å². The minimum Gasteiger partial charge on any atom is -0.444 e. The number of ether oxygens (including phenoxy) is 2. The first-order valence-electron chi connectivity index (χ1n) is 10.7. The number of nitrogens with two attached hydrogens (primary N) is 1. The van der Waals surface area contributed by atoms with Gasteiger partial charge in [0.15, 0.2) is 0 Å². The highest BCUT2D eigenvalue weighted by Crippen LogP contribution is 2.33. The van der Waals surface area contributed by atoms with Gasteiger partial charge in [0.25, 0.3) is 5.91 Å². The van der Waals surface area contributed by atoms with E-state index in [1.165, 1.54) is 4.90 Å². The predicted molar refractivity (Wildman–Crippen MR) is 120 cm³/mol. The lowest BCUT2D eigenvalue weighted by Gasteiger charge is -2.22. The number of nitrogens with zero attached hydrogens (tertiary/aromatic N) is 3. The maximum atomic E-state index is 14.1. The fourth-order valence-electron chi connectivity index (χ4n) is 4.36. The van der Waals surface area contributed by atoms with Crippen LogP contribution in [0, 0.1) is 17.7 Å². The fraction of sp³-hybridized carbons (Fsp3) is 0.364. The first-order valence-corrected chi connectivity index (χ1v) is 11.6. The molecule has 0 radical (unpaired) electrons. The Balaban J connectivity index is 1.27. The van der Waals surface area contributed by atoms with Crippen molar-refractivity contribution in [1.82, 2.24) is 9.80 Å². The number of benzene rings is 2. The Labute approximate surface area is 207 Å². The van der Waals surface area contributed by atoms with Crippen molar-refractivity contribution in [1.29, 1.82) is 0 Å². The second-order valence-electron chi connectivity index (χ2n) is 8.42. The topological polar surface area (TPSA) is 109 Å². The van der Waals surface area contributed by atoms with Gasteiger partial charge in [0.2, 0.25) is 0 Å². The molecule has 0 spiro atoms. The average molecular weight is 531 g/mol. The van der Waals surface area contributed by atoms with E-state index in [9.17, 15) is 32.4 Å². The van der Waals surface area contributed by atoms with Gasteiger partial charge in [-0.05, 0) is 36.4 Å². The van der Waals surface area contributed by atoms with Gasteiger partial charge in [-0.1, -0.05) is 0 Å². The predicted octanol–water partition coefficient (Wildman–Crippen LogP) is 3.78. The molecule has 4 rings (SSSR count). The SMILES string of the molecule is NSN(O)c1ccc(C(=O)N2C[C@H]3CN(C(=O)OCc4ccc(OC(F)(F)F)cc4F)C[C@H]3C2)cc1. The molecule has 0 bridgehead atoms. The molecular formula is C22H22F4N4O5S. The highest BCUT2D eigenvalue weighted by molar-refractivity contribution is 7.98. The third kappa shape index (κ3) is 5.94. The van der Waals surface area contributed by atoms with E-state index < -0.39 is 30.6 Å². The number of likely N-dealkylation sites (tertiary alicyclic amines) is 2. The molecule has 2 fully saturated rings. The number of hydrogen-bond donors (Lipinski definition) is 2.